The minimum Gasteiger partial charge on any atom is -0.452 e. The number of nitrogens with zero attached hydrogens (tertiary/aromatic N) is 3. The molecule has 1 aliphatic rings. The summed E-state index contributed by atoms with van der Waals surface area (Å²) in [6.45, 7) is -0.356. The van der Waals surface area contributed by atoms with E-state index in [1.165, 1.54) is 21.3 Å². The third-order valence-electron chi connectivity index (χ3n) is 6.14. The number of non-ortho nitro benzene ring substituents is 1. The highest BCUT2D eigenvalue weighted by atomic mass is 32.2. The number of nitrogens with one attached hydrogen (secondary N) is 1. The SMILES string of the molecule is O=C(OCC(=O)N1CCN(S(=O)(=O)c2ccc3ccccc3c2)CC1)c1cc([N+](=O)[O-])ccc1NCCO. The topological polar surface area (TPSA) is 159 Å². The number of benzene rings is 3. The van der Waals surface area contributed by atoms with E-state index < -0.39 is 33.4 Å². The van der Waals surface area contributed by atoms with Gasteiger partial charge >= 0.3 is 5.97 Å². The highest BCUT2D eigenvalue weighted by Crippen LogP contribution is 2.24. The predicted octanol–water partition coefficient (Wildman–Crippen LogP) is 1.84. The Balaban J connectivity index is 1.36. The van der Waals surface area contributed by atoms with Crippen molar-refractivity contribution in [3.8, 4) is 0 Å². The Morgan fingerprint density at radius 1 is 1.00 bits per heavy atom. The van der Waals surface area contributed by atoms with Gasteiger partial charge in [0, 0.05) is 50.5 Å². The third-order valence-corrected chi connectivity index (χ3v) is 8.03. The van der Waals surface area contributed by atoms with Gasteiger partial charge in [0.2, 0.25) is 10.0 Å². The van der Waals surface area contributed by atoms with Crippen molar-refractivity contribution in [2.75, 3.05) is 51.3 Å². The summed E-state index contributed by atoms with van der Waals surface area (Å²) in [5.41, 5.74) is -0.261. The molecule has 0 aromatic heterocycles. The standard InChI is InChI=1S/C25H26N4O8S/c30-14-9-26-23-8-6-20(29(33)34)16-22(23)25(32)37-17-24(31)27-10-12-28(13-11-27)38(35,36)21-7-5-18-3-1-2-4-19(18)15-21/h1-8,15-16,26,30H,9-14,17H2. The number of rotatable bonds is 9. The van der Waals surface area contributed by atoms with Gasteiger partial charge < -0.3 is 20.1 Å². The molecule has 4 rings (SSSR count). The maximum absolute atomic E-state index is 13.1. The van der Waals surface area contributed by atoms with Gasteiger partial charge in [-0.3, -0.25) is 14.9 Å². The molecule has 1 aliphatic heterocycles. The number of sulfonamides is 1. The second-order valence-corrected chi connectivity index (χ2v) is 10.4. The summed E-state index contributed by atoms with van der Waals surface area (Å²) < 4.78 is 32.7. The van der Waals surface area contributed by atoms with Crippen LogP contribution in [0.1, 0.15) is 10.4 Å². The number of aliphatic hydroxyl groups excluding tert-OH is 1. The minimum atomic E-state index is -3.76. The number of fused-ring (bicyclic) bond motifs is 1. The summed E-state index contributed by atoms with van der Waals surface area (Å²) in [6, 6.07) is 15.9. The number of piperazine rings is 1. The van der Waals surface area contributed by atoms with E-state index in [0.29, 0.717) is 0 Å². The number of hydrogen-bond donors (Lipinski definition) is 2. The number of hydrogen-bond acceptors (Lipinski definition) is 9. The van der Waals surface area contributed by atoms with E-state index in [1.54, 1.807) is 18.2 Å². The Hall–Kier alpha value is -4.07. The average Bonchev–Trinajstić information content (AvgIpc) is 2.94. The Bertz CT molecular complexity index is 1470. The monoisotopic (exact) mass is 542 g/mol. The van der Waals surface area contributed by atoms with Crippen molar-refractivity contribution in [1.29, 1.82) is 0 Å². The van der Waals surface area contributed by atoms with Crippen molar-refractivity contribution < 1.29 is 32.8 Å². The van der Waals surface area contributed by atoms with Crippen molar-refractivity contribution >= 4 is 44.0 Å². The molecule has 0 atom stereocenters. The lowest BCUT2D eigenvalue weighted by molar-refractivity contribution is -0.384. The summed E-state index contributed by atoms with van der Waals surface area (Å²) in [4.78, 5) is 37.3. The minimum absolute atomic E-state index is 0.0783. The molecule has 200 valence electrons. The molecular weight excluding hydrogens is 516 g/mol. The molecule has 2 N–H and O–H groups in total. The Morgan fingerprint density at radius 3 is 2.39 bits per heavy atom. The lowest BCUT2D eigenvalue weighted by Gasteiger charge is -2.34. The maximum Gasteiger partial charge on any atom is 0.341 e. The number of carbonyl (C=O) groups excluding carboxylic acids is 2. The van der Waals surface area contributed by atoms with Crippen molar-refractivity contribution in [2.24, 2.45) is 0 Å². The van der Waals surface area contributed by atoms with Crippen LogP contribution in [-0.2, 0) is 19.6 Å². The lowest BCUT2D eigenvalue weighted by Crippen LogP contribution is -2.51. The first-order valence-electron chi connectivity index (χ1n) is 11.8. The van der Waals surface area contributed by atoms with Gasteiger partial charge in [-0.2, -0.15) is 4.31 Å². The highest BCUT2D eigenvalue weighted by Gasteiger charge is 2.31. The molecule has 0 unspecified atom stereocenters. The van der Waals surface area contributed by atoms with E-state index in [-0.39, 0.29) is 61.2 Å². The maximum atomic E-state index is 13.1. The van der Waals surface area contributed by atoms with Crippen LogP contribution in [0.2, 0.25) is 0 Å². The number of carbonyl (C=O) groups is 2. The van der Waals surface area contributed by atoms with Gasteiger partial charge in [-0.1, -0.05) is 30.3 Å². The molecule has 0 radical (unpaired) electrons. The summed E-state index contributed by atoms with van der Waals surface area (Å²) in [6.07, 6.45) is 0. The van der Waals surface area contributed by atoms with Crippen LogP contribution in [0.3, 0.4) is 0 Å². The number of anilines is 1. The molecule has 1 heterocycles. The van der Waals surface area contributed by atoms with Gasteiger partial charge in [-0.25, -0.2) is 13.2 Å². The van der Waals surface area contributed by atoms with Crippen LogP contribution >= 0.6 is 0 Å². The smallest absolute Gasteiger partial charge is 0.341 e. The lowest BCUT2D eigenvalue weighted by atomic mass is 10.1. The largest absolute Gasteiger partial charge is 0.452 e. The molecule has 13 heteroatoms. The van der Waals surface area contributed by atoms with Crippen LogP contribution in [0.15, 0.2) is 65.6 Å². The van der Waals surface area contributed by atoms with Crippen LogP contribution in [0.25, 0.3) is 10.8 Å². The second kappa shape index (κ2) is 11.5. The molecular formula is C25H26N4O8S. The van der Waals surface area contributed by atoms with Gasteiger partial charge in [-0.15, -0.1) is 0 Å². The summed E-state index contributed by atoms with van der Waals surface area (Å²) in [7, 11) is -3.76. The van der Waals surface area contributed by atoms with E-state index in [4.69, 9.17) is 9.84 Å². The van der Waals surface area contributed by atoms with E-state index in [9.17, 15) is 28.1 Å². The first-order chi connectivity index (χ1) is 18.2. The van der Waals surface area contributed by atoms with Crippen LogP contribution in [0.4, 0.5) is 11.4 Å². The first-order valence-corrected chi connectivity index (χ1v) is 13.2. The number of nitro benzene ring substituents is 1. The van der Waals surface area contributed by atoms with Crippen molar-refractivity contribution in [2.45, 2.75) is 4.90 Å². The van der Waals surface area contributed by atoms with Crippen LogP contribution in [-0.4, -0.2) is 85.5 Å². The van der Waals surface area contributed by atoms with Crippen molar-refractivity contribution in [3.05, 3.63) is 76.3 Å². The van der Waals surface area contributed by atoms with Crippen LogP contribution < -0.4 is 5.32 Å². The van der Waals surface area contributed by atoms with Gasteiger partial charge in [0.25, 0.3) is 11.6 Å². The number of amides is 1. The number of esters is 1. The van der Waals surface area contributed by atoms with E-state index in [2.05, 4.69) is 5.32 Å². The van der Waals surface area contributed by atoms with Gasteiger partial charge in [0.1, 0.15) is 0 Å². The second-order valence-electron chi connectivity index (χ2n) is 8.51. The molecule has 1 fully saturated rings. The molecule has 38 heavy (non-hydrogen) atoms. The summed E-state index contributed by atoms with van der Waals surface area (Å²) in [5, 5.41) is 24.6. The molecule has 3 aromatic carbocycles. The van der Waals surface area contributed by atoms with E-state index >= 15 is 0 Å². The molecule has 0 bridgehead atoms. The third kappa shape index (κ3) is 5.90. The fourth-order valence-electron chi connectivity index (χ4n) is 4.11. The first kappa shape index (κ1) is 27.0. The number of ether oxygens (including phenoxy) is 1. The Labute approximate surface area is 218 Å². The molecule has 1 amide bonds. The van der Waals surface area contributed by atoms with Crippen molar-refractivity contribution in [1.82, 2.24) is 9.21 Å². The quantitative estimate of drug-likeness (QED) is 0.234. The molecule has 0 saturated carbocycles. The Morgan fingerprint density at radius 2 is 1.71 bits per heavy atom. The van der Waals surface area contributed by atoms with Gasteiger partial charge in [0.05, 0.1) is 22.0 Å². The molecule has 0 spiro atoms. The fourth-order valence-corrected chi connectivity index (χ4v) is 5.57. The van der Waals surface area contributed by atoms with Crippen LogP contribution in [0.5, 0.6) is 0 Å². The predicted molar refractivity (Wildman–Crippen MR) is 138 cm³/mol. The Kier molecular flexibility index (Phi) is 8.20. The van der Waals surface area contributed by atoms with Gasteiger partial charge in [-0.05, 0) is 29.0 Å². The molecule has 12 nitrogen and oxygen atoms in total. The van der Waals surface area contributed by atoms with Gasteiger partial charge in [0.15, 0.2) is 6.61 Å². The fraction of sp³-hybridized carbons (Fsp3) is 0.280. The zero-order valence-electron chi connectivity index (χ0n) is 20.3. The van der Waals surface area contributed by atoms with E-state index in [1.807, 2.05) is 24.3 Å². The molecule has 1 saturated heterocycles. The zero-order valence-corrected chi connectivity index (χ0v) is 21.1. The normalized spacial score (nSPS) is 14.3. The number of nitro groups is 1. The average molecular weight is 543 g/mol. The van der Waals surface area contributed by atoms with Crippen LogP contribution in [0, 0.1) is 10.1 Å². The summed E-state index contributed by atoms with van der Waals surface area (Å²) in [5.74, 6) is -1.46. The van der Waals surface area contributed by atoms with E-state index in [0.717, 1.165) is 16.8 Å². The number of aliphatic hydroxyl groups is 1. The molecule has 0 aliphatic carbocycles. The van der Waals surface area contributed by atoms with Crippen molar-refractivity contribution in [3.63, 3.8) is 0 Å². The summed E-state index contributed by atoms with van der Waals surface area (Å²) >= 11 is 0. The molecule has 3 aromatic rings. The zero-order chi connectivity index (χ0) is 27.3. The highest BCUT2D eigenvalue weighted by molar-refractivity contribution is 7.89.